The summed E-state index contributed by atoms with van der Waals surface area (Å²) in [6.45, 7) is 3.30. The molecule has 0 unspecified atom stereocenters. The van der Waals surface area contributed by atoms with E-state index >= 15 is 0 Å². The van der Waals surface area contributed by atoms with E-state index in [4.69, 9.17) is 0 Å². The molecular weight excluding hydrogens is 370 g/mol. The van der Waals surface area contributed by atoms with Crippen LogP contribution in [0.5, 0.6) is 0 Å². The summed E-state index contributed by atoms with van der Waals surface area (Å²) < 4.78 is 1.96. The Labute approximate surface area is 169 Å². The summed E-state index contributed by atoms with van der Waals surface area (Å²) in [4.78, 5) is 42.9. The first kappa shape index (κ1) is 18.1. The van der Waals surface area contributed by atoms with Crippen molar-refractivity contribution >= 4 is 17.8 Å². The quantitative estimate of drug-likeness (QED) is 0.825. The molecule has 2 aromatic heterocycles. The van der Waals surface area contributed by atoms with Crippen molar-refractivity contribution < 1.29 is 9.59 Å². The first-order valence-corrected chi connectivity index (χ1v) is 10.4. The van der Waals surface area contributed by atoms with Gasteiger partial charge >= 0.3 is 0 Å². The molecule has 1 aliphatic carbocycles. The summed E-state index contributed by atoms with van der Waals surface area (Å²) in [6, 6.07) is 2.06. The van der Waals surface area contributed by atoms with Gasteiger partial charge in [-0.3, -0.25) is 9.59 Å². The van der Waals surface area contributed by atoms with Crippen molar-refractivity contribution in [3.63, 3.8) is 0 Å². The Morgan fingerprint density at radius 1 is 1.00 bits per heavy atom. The molecule has 152 valence electrons. The van der Waals surface area contributed by atoms with Gasteiger partial charge in [0.1, 0.15) is 5.69 Å². The van der Waals surface area contributed by atoms with E-state index in [9.17, 15) is 9.59 Å². The number of rotatable bonds is 4. The summed E-state index contributed by atoms with van der Waals surface area (Å²) in [5, 5.41) is 3.01. The first-order valence-electron chi connectivity index (χ1n) is 10.4. The standard InChI is InChI=1S/C20H25N7O2/c28-18(23-14-5-6-14)17-24-16(15-4-1-2-9-27(15)17)19(29)25-10-12-26(13-11-25)20-21-7-3-8-22-20/h3,7-8,14H,1-2,4-6,9-13H2,(H,23,28). The molecule has 2 amide bonds. The molecule has 1 saturated heterocycles. The fraction of sp³-hybridized carbons (Fsp3) is 0.550. The van der Waals surface area contributed by atoms with Crippen LogP contribution in [0, 0.1) is 0 Å². The van der Waals surface area contributed by atoms with Gasteiger partial charge in [-0.2, -0.15) is 0 Å². The lowest BCUT2D eigenvalue weighted by molar-refractivity contribution is 0.0739. The summed E-state index contributed by atoms with van der Waals surface area (Å²) in [6.07, 6.45) is 8.34. The van der Waals surface area contributed by atoms with Crippen LogP contribution in [0.2, 0.25) is 0 Å². The number of nitrogens with zero attached hydrogens (tertiary/aromatic N) is 6. The number of nitrogens with one attached hydrogen (secondary N) is 1. The normalized spacial score (nSPS) is 19.0. The number of amides is 2. The van der Waals surface area contributed by atoms with E-state index in [0.717, 1.165) is 44.3 Å². The van der Waals surface area contributed by atoms with Gasteiger partial charge in [0, 0.05) is 51.2 Å². The minimum atomic E-state index is -0.152. The van der Waals surface area contributed by atoms with Crippen molar-refractivity contribution in [2.24, 2.45) is 0 Å². The number of piperazine rings is 1. The zero-order valence-electron chi connectivity index (χ0n) is 16.4. The third kappa shape index (κ3) is 3.56. The summed E-state index contributed by atoms with van der Waals surface area (Å²) in [5.41, 5.74) is 1.37. The highest BCUT2D eigenvalue weighted by Gasteiger charge is 2.33. The Balaban J connectivity index is 1.33. The number of imidazole rings is 1. The van der Waals surface area contributed by atoms with Gasteiger partial charge in [-0.15, -0.1) is 0 Å². The van der Waals surface area contributed by atoms with Crippen LogP contribution < -0.4 is 10.2 Å². The Morgan fingerprint density at radius 3 is 2.48 bits per heavy atom. The first-order chi connectivity index (χ1) is 14.2. The Hall–Kier alpha value is -2.97. The fourth-order valence-corrected chi connectivity index (χ4v) is 4.08. The predicted molar refractivity (Wildman–Crippen MR) is 106 cm³/mol. The average molecular weight is 395 g/mol. The molecule has 0 radical (unpaired) electrons. The smallest absolute Gasteiger partial charge is 0.287 e. The third-order valence-electron chi connectivity index (χ3n) is 5.84. The lowest BCUT2D eigenvalue weighted by atomic mass is 10.1. The van der Waals surface area contributed by atoms with Crippen molar-refractivity contribution in [1.82, 2.24) is 29.7 Å². The predicted octanol–water partition coefficient (Wildman–Crippen LogP) is 0.864. The van der Waals surface area contributed by atoms with E-state index in [-0.39, 0.29) is 17.9 Å². The monoisotopic (exact) mass is 395 g/mol. The molecule has 1 N–H and O–H groups in total. The molecule has 5 rings (SSSR count). The highest BCUT2D eigenvalue weighted by Crippen LogP contribution is 2.24. The lowest BCUT2D eigenvalue weighted by Gasteiger charge is -2.34. The molecule has 0 bridgehead atoms. The molecule has 2 aromatic rings. The van der Waals surface area contributed by atoms with E-state index in [1.54, 1.807) is 18.5 Å². The lowest BCUT2D eigenvalue weighted by Crippen LogP contribution is -2.49. The van der Waals surface area contributed by atoms with Crippen LogP contribution in [0.25, 0.3) is 0 Å². The van der Waals surface area contributed by atoms with Crippen molar-refractivity contribution in [3.05, 3.63) is 35.7 Å². The van der Waals surface area contributed by atoms with Gasteiger partial charge in [0.05, 0.1) is 5.69 Å². The van der Waals surface area contributed by atoms with E-state index in [0.29, 0.717) is 43.6 Å². The Morgan fingerprint density at radius 2 is 1.76 bits per heavy atom. The van der Waals surface area contributed by atoms with Crippen LogP contribution in [0.3, 0.4) is 0 Å². The summed E-state index contributed by atoms with van der Waals surface area (Å²) in [5.74, 6) is 0.861. The maximum atomic E-state index is 13.3. The van der Waals surface area contributed by atoms with Gasteiger partial charge in [-0.25, -0.2) is 15.0 Å². The van der Waals surface area contributed by atoms with Gasteiger partial charge in [0.25, 0.3) is 11.8 Å². The zero-order valence-corrected chi connectivity index (χ0v) is 16.4. The van der Waals surface area contributed by atoms with E-state index in [2.05, 4.69) is 25.2 Å². The molecule has 3 aliphatic rings. The minimum Gasteiger partial charge on any atom is -0.347 e. The van der Waals surface area contributed by atoms with Gasteiger partial charge in [0.2, 0.25) is 5.95 Å². The van der Waals surface area contributed by atoms with Crippen molar-refractivity contribution in [1.29, 1.82) is 0 Å². The molecule has 0 spiro atoms. The Kier molecular flexibility index (Phi) is 4.65. The van der Waals surface area contributed by atoms with Gasteiger partial charge in [0.15, 0.2) is 5.82 Å². The molecule has 0 atom stereocenters. The second kappa shape index (κ2) is 7.46. The largest absolute Gasteiger partial charge is 0.347 e. The second-order valence-electron chi connectivity index (χ2n) is 7.92. The number of anilines is 1. The second-order valence-corrected chi connectivity index (χ2v) is 7.92. The van der Waals surface area contributed by atoms with Crippen molar-refractivity contribution in [2.45, 2.75) is 44.7 Å². The number of hydrogen-bond acceptors (Lipinski definition) is 6. The summed E-state index contributed by atoms with van der Waals surface area (Å²) >= 11 is 0. The minimum absolute atomic E-state index is 0.0743. The molecule has 2 fully saturated rings. The Bertz CT molecular complexity index is 914. The molecule has 0 aromatic carbocycles. The molecule has 1 saturated carbocycles. The molecule has 4 heterocycles. The fourth-order valence-electron chi connectivity index (χ4n) is 4.08. The van der Waals surface area contributed by atoms with Gasteiger partial charge in [-0.1, -0.05) is 0 Å². The number of carbonyl (C=O) groups is 2. The molecule has 9 nitrogen and oxygen atoms in total. The zero-order chi connectivity index (χ0) is 19.8. The topological polar surface area (TPSA) is 96.2 Å². The molecular formula is C20H25N7O2. The van der Waals surface area contributed by atoms with Crippen LogP contribution in [0.4, 0.5) is 5.95 Å². The van der Waals surface area contributed by atoms with E-state index in [1.165, 1.54) is 0 Å². The molecule has 2 aliphatic heterocycles. The van der Waals surface area contributed by atoms with Crippen LogP contribution in [0.1, 0.15) is 52.5 Å². The van der Waals surface area contributed by atoms with Crippen LogP contribution >= 0.6 is 0 Å². The molecule has 9 heteroatoms. The average Bonchev–Trinajstić information content (AvgIpc) is 3.50. The van der Waals surface area contributed by atoms with Crippen LogP contribution in [-0.4, -0.2) is 68.5 Å². The maximum Gasteiger partial charge on any atom is 0.287 e. The number of aromatic nitrogens is 4. The van der Waals surface area contributed by atoms with Crippen LogP contribution in [-0.2, 0) is 13.0 Å². The highest BCUT2D eigenvalue weighted by atomic mass is 16.2. The SMILES string of the molecule is O=C(NC1CC1)c1nc(C(=O)N2CCN(c3ncccn3)CC2)c2n1CCCC2. The molecule has 29 heavy (non-hydrogen) atoms. The van der Waals surface area contributed by atoms with E-state index < -0.39 is 0 Å². The van der Waals surface area contributed by atoms with Crippen molar-refractivity contribution in [3.8, 4) is 0 Å². The number of fused-ring (bicyclic) bond motifs is 1. The van der Waals surface area contributed by atoms with E-state index in [1.807, 2.05) is 9.47 Å². The van der Waals surface area contributed by atoms with Gasteiger partial charge < -0.3 is 19.7 Å². The van der Waals surface area contributed by atoms with Crippen LogP contribution in [0.15, 0.2) is 18.5 Å². The van der Waals surface area contributed by atoms with Gasteiger partial charge in [-0.05, 0) is 38.2 Å². The third-order valence-corrected chi connectivity index (χ3v) is 5.84. The number of carbonyl (C=O) groups excluding carboxylic acids is 2. The number of hydrogen-bond donors (Lipinski definition) is 1. The summed E-state index contributed by atoms with van der Waals surface area (Å²) in [7, 11) is 0. The maximum absolute atomic E-state index is 13.3. The highest BCUT2D eigenvalue weighted by molar-refractivity contribution is 5.97. The van der Waals surface area contributed by atoms with Crippen molar-refractivity contribution in [2.75, 3.05) is 31.1 Å².